The molecular weight excluding hydrogens is 383 g/mol. The Morgan fingerprint density at radius 2 is 2.12 bits per heavy atom. The normalized spacial score (nSPS) is 15.8. The lowest BCUT2D eigenvalue weighted by Crippen LogP contribution is -2.30. The quantitative estimate of drug-likeness (QED) is 0.604. The first-order valence-electron chi connectivity index (χ1n) is 7.49. The van der Waals surface area contributed by atoms with Crippen molar-refractivity contribution in [2.24, 2.45) is 0 Å². The molecule has 5 nitrogen and oxygen atoms in total. The van der Waals surface area contributed by atoms with Crippen LogP contribution in [0, 0.1) is 0 Å². The van der Waals surface area contributed by atoms with Crippen LogP contribution < -0.4 is 10.1 Å². The van der Waals surface area contributed by atoms with Crippen LogP contribution in [0.15, 0.2) is 40.4 Å². The van der Waals surface area contributed by atoms with E-state index in [-0.39, 0.29) is 12.5 Å². The van der Waals surface area contributed by atoms with E-state index in [1.807, 2.05) is 6.92 Å². The second-order valence-electron chi connectivity index (χ2n) is 5.21. The third kappa shape index (κ3) is 3.98. The molecule has 0 bridgehead atoms. The number of hydrogen-bond acceptors (Lipinski definition) is 4. The first-order valence-corrected chi connectivity index (χ1v) is 8.65. The molecule has 0 atom stereocenters. The zero-order valence-corrected chi connectivity index (χ0v) is 15.5. The average molecular weight is 397 g/mol. The van der Waals surface area contributed by atoms with Crippen molar-refractivity contribution in [1.29, 1.82) is 0 Å². The van der Waals surface area contributed by atoms with Crippen LogP contribution in [0.4, 0.5) is 0 Å². The van der Waals surface area contributed by atoms with Crippen LogP contribution >= 0.6 is 35.4 Å². The Kier molecular flexibility index (Phi) is 5.32. The van der Waals surface area contributed by atoms with Crippen LogP contribution in [0.3, 0.4) is 0 Å². The first-order chi connectivity index (χ1) is 12.0. The van der Waals surface area contributed by atoms with E-state index >= 15 is 0 Å². The number of nitrogens with zero attached hydrogens (tertiary/aromatic N) is 1. The molecule has 130 valence electrons. The van der Waals surface area contributed by atoms with Gasteiger partial charge in [0.15, 0.2) is 5.11 Å². The molecule has 1 aliphatic heterocycles. The number of amides is 1. The fourth-order valence-corrected chi connectivity index (χ4v) is 2.94. The number of rotatable bonds is 5. The van der Waals surface area contributed by atoms with Gasteiger partial charge in [-0.1, -0.05) is 23.2 Å². The lowest BCUT2D eigenvalue weighted by atomic mass is 10.3. The standard InChI is InChI=1S/C17H14Cl2N2O3S/c1-2-21-16(22)14(20-17(21)25)8-11-4-5-12(24-11)9-23-15-7-10(18)3-6-13(15)19/h3-8H,2,9H2,1H3,(H,20,25)/b14-8+. The highest BCUT2D eigenvalue weighted by Gasteiger charge is 2.29. The highest BCUT2D eigenvalue weighted by molar-refractivity contribution is 7.80. The van der Waals surface area contributed by atoms with Crippen molar-refractivity contribution in [1.82, 2.24) is 10.2 Å². The number of thiocarbonyl (C=S) groups is 1. The van der Waals surface area contributed by atoms with Gasteiger partial charge in [-0.2, -0.15) is 0 Å². The summed E-state index contributed by atoms with van der Waals surface area (Å²) >= 11 is 17.1. The number of furan rings is 1. The predicted octanol–water partition coefficient (Wildman–Crippen LogP) is 4.24. The molecule has 0 aliphatic carbocycles. The van der Waals surface area contributed by atoms with E-state index in [1.54, 1.807) is 36.4 Å². The van der Waals surface area contributed by atoms with Crippen LogP contribution in [-0.4, -0.2) is 22.5 Å². The summed E-state index contributed by atoms with van der Waals surface area (Å²) in [5, 5.41) is 4.27. The third-order valence-corrected chi connectivity index (χ3v) is 4.38. The average Bonchev–Trinajstić information content (AvgIpc) is 3.13. The third-order valence-electron chi connectivity index (χ3n) is 3.51. The van der Waals surface area contributed by atoms with Crippen molar-refractivity contribution < 1.29 is 13.9 Å². The monoisotopic (exact) mass is 396 g/mol. The van der Waals surface area contributed by atoms with Crippen LogP contribution in [0.5, 0.6) is 5.75 Å². The summed E-state index contributed by atoms with van der Waals surface area (Å²) in [4.78, 5) is 13.6. The van der Waals surface area contributed by atoms with Crippen molar-refractivity contribution in [3.8, 4) is 5.75 Å². The fraction of sp³-hybridized carbons (Fsp3) is 0.176. The van der Waals surface area contributed by atoms with Crippen molar-refractivity contribution in [3.05, 3.63) is 57.6 Å². The Hall–Kier alpha value is -2.02. The number of hydrogen-bond donors (Lipinski definition) is 1. The van der Waals surface area contributed by atoms with E-state index in [0.29, 0.717) is 44.7 Å². The van der Waals surface area contributed by atoms with Gasteiger partial charge in [0.05, 0.1) is 5.02 Å². The van der Waals surface area contributed by atoms with Crippen molar-refractivity contribution >= 4 is 52.5 Å². The predicted molar refractivity (Wildman–Crippen MR) is 101 cm³/mol. The molecular formula is C17H14Cl2N2O3S. The molecule has 0 saturated carbocycles. The van der Waals surface area contributed by atoms with Gasteiger partial charge < -0.3 is 14.5 Å². The first kappa shape index (κ1) is 17.8. The summed E-state index contributed by atoms with van der Waals surface area (Å²) < 4.78 is 11.3. The second kappa shape index (κ2) is 7.47. The Labute approximate surface area is 160 Å². The van der Waals surface area contributed by atoms with Crippen LogP contribution in [0.25, 0.3) is 6.08 Å². The van der Waals surface area contributed by atoms with Crippen molar-refractivity contribution in [3.63, 3.8) is 0 Å². The van der Waals surface area contributed by atoms with Crippen LogP contribution in [0.1, 0.15) is 18.4 Å². The molecule has 0 spiro atoms. The number of nitrogens with one attached hydrogen (secondary N) is 1. The molecule has 1 N–H and O–H groups in total. The zero-order chi connectivity index (χ0) is 18.0. The molecule has 2 heterocycles. The molecule has 1 aliphatic rings. The van der Waals surface area contributed by atoms with Gasteiger partial charge in [-0.3, -0.25) is 9.69 Å². The summed E-state index contributed by atoms with van der Waals surface area (Å²) in [6.45, 7) is 2.56. The Bertz CT molecular complexity index is 863. The van der Waals surface area contributed by atoms with E-state index in [0.717, 1.165) is 0 Å². The summed E-state index contributed by atoms with van der Waals surface area (Å²) in [5.41, 5.74) is 0.381. The molecule has 1 aromatic carbocycles. The molecule has 25 heavy (non-hydrogen) atoms. The van der Waals surface area contributed by atoms with Crippen molar-refractivity contribution in [2.45, 2.75) is 13.5 Å². The fourth-order valence-electron chi connectivity index (χ4n) is 2.29. The number of benzene rings is 1. The molecule has 1 fully saturated rings. The molecule has 0 unspecified atom stereocenters. The zero-order valence-electron chi connectivity index (χ0n) is 13.2. The summed E-state index contributed by atoms with van der Waals surface area (Å²) in [7, 11) is 0. The van der Waals surface area contributed by atoms with Gasteiger partial charge in [-0.05, 0) is 43.4 Å². The van der Waals surface area contributed by atoms with Gasteiger partial charge in [0.25, 0.3) is 5.91 Å². The number of likely N-dealkylation sites (N-methyl/N-ethyl adjacent to an activating group) is 1. The summed E-state index contributed by atoms with van der Waals surface area (Å²) in [6.07, 6.45) is 1.61. The van der Waals surface area contributed by atoms with Crippen LogP contribution in [-0.2, 0) is 11.4 Å². The Morgan fingerprint density at radius 1 is 1.32 bits per heavy atom. The molecule has 2 aromatic rings. The van der Waals surface area contributed by atoms with Crippen LogP contribution in [0.2, 0.25) is 10.0 Å². The van der Waals surface area contributed by atoms with E-state index < -0.39 is 0 Å². The minimum atomic E-state index is -0.174. The van der Waals surface area contributed by atoms with E-state index in [1.165, 1.54) is 4.90 Å². The number of carbonyl (C=O) groups excluding carboxylic acids is 1. The van der Waals surface area contributed by atoms with E-state index in [2.05, 4.69) is 5.32 Å². The van der Waals surface area contributed by atoms with Gasteiger partial charge in [0.1, 0.15) is 29.6 Å². The maximum Gasteiger partial charge on any atom is 0.276 e. The minimum absolute atomic E-state index is 0.174. The summed E-state index contributed by atoms with van der Waals surface area (Å²) in [6, 6.07) is 8.50. The number of carbonyl (C=O) groups is 1. The van der Waals surface area contributed by atoms with Gasteiger partial charge in [0.2, 0.25) is 0 Å². The minimum Gasteiger partial charge on any atom is -0.484 e. The highest BCUT2D eigenvalue weighted by Crippen LogP contribution is 2.28. The van der Waals surface area contributed by atoms with Gasteiger partial charge >= 0.3 is 0 Å². The van der Waals surface area contributed by atoms with E-state index in [9.17, 15) is 4.79 Å². The smallest absolute Gasteiger partial charge is 0.276 e. The highest BCUT2D eigenvalue weighted by atomic mass is 35.5. The lowest BCUT2D eigenvalue weighted by Gasteiger charge is -2.08. The van der Waals surface area contributed by atoms with Crippen molar-refractivity contribution in [2.75, 3.05) is 6.54 Å². The molecule has 1 aromatic heterocycles. The topological polar surface area (TPSA) is 54.7 Å². The molecule has 3 rings (SSSR count). The van der Waals surface area contributed by atoms with Gasteiger partial charge in [-0.15, -0.1) is 0 Å². The SMILES string of the molecule is CCN1C(=O)/C(=C\c2ccc(COc3cc(Cl)ccc3Cl)o2)NC1=S. The van der Waals surface area contributed by atoms with E-state index in [4.69, 9.17) is 44.6 Å². The Morgan fingerprint density at radius 3 is 2.84 bits per heavy atom. The molecule has 1 saturated heterocycles. The second-order valence-corrected chi connectivity index (χ2v) is 6.44. The largest absolute Gasteiger partial charge is 0.484 e. The van der Waals surface area contributed by atoms with Gasteiger partial charge in [0, 0.05) is 23.7 Å². The molecule has 1 amide bonds. The maximum absolute atomic E-state index is 12.2. The summed E-state index contributed by atoms with van der Waals surface area (Å²) in [5.74, 6) is 1.41. The van der Waals surface area contributed by atoms with Gasteiger partial charge in [-0.25, -0.2) is 0 Å². The number of ether oxygens (including phenoxy) is 1. The number of halogens is 2. The Balaban J connectivity index is 1.69. The maximum atomic E-state index is 12.2. The molecule has 0 radical (unpaired) electrons. The molecule has 8 heteroatoms. The lowest BCUT2D eigenvalue weighted by molar-refractivity contribution is -0.122.